The maximum absolute atomic E-state index is 12.8. The Morgan fingerprint density at radius 1 is 1.42 bits per heavy atom. The van der Waals surface area contributed by atoms with Crippen LogP contribution in [-0.4, -0.2) is 38.4 Å². The fourth-order valence-corrected chi connectivity index (χ4v) is 3.78. The number of nitrogens with one attached hydrogen (secondary N) is 1. The molecule has 1 fully saturated rings. The number of aromatic nitrogens is 3. The fraction of sp³-hybridized carbons (Fsp3) is 0.368. The number of aromatic amines is 1. The third-order valence-corrected chi connectivity index (χ3v) is 5.03. The van der Waals surface area contributed by atoms with Crippen molar-refractivity contribution in [3.8, 4) is 0 Å². The Labute approximate surface area is 141 Å². The third-order valence-electron chi connectivity index (χ3n) is 5.03. The highest BCUT2D eigenvalue weighted by Gasteiger charge is 2.25. The van der Waals surface area contributed by atoms with Crippen LogP contribution < -0.4 is 0 Å². The molecule has 24 heavy (non-hydrogen) atoms. The van der Waals surface area contributed by atoms with Gasteiger partial charge in [-0.05, 0) is 37.0 Å². The Balaban J connectivity index is 1.51. The van der Waals surface area contributed by atoms with Crippen molar-refractivity contribution in [3.05, 3.63) is 54.2 Å². The van der Waals surface area contributed by atoms with E-state index in [-0.39, 0.29) is 5.91 Å². The van der Waals surface area contributed by atoms with Crippen LogP contribution in [0, 0.1) is 6.92 Å². The lowest BCUT2D eigenvalue weighted by molar-refractivity contribution is -0.132. The highest BCUT2D eigenvalue weighted by molar-refractivity contribution is 5.91. The summed E-state index contributed by atoms with van der Waals surface area (Å²) in [4.78, 5) is 22.2. The standard InChI is InChI=1S/C19H22N4O/c1-14-4-2-6-17-19(14)15(11-21-17)10-18(24)22-8-3-5-16(12-22)23-9-7-20-13-23/h2,4,6-7,9,11,13,16,21H,3,5,8,10,12H2,1H3. The van der Waals surface area contributed by atoms with E-state index >= 15 is 0 Å². The van der Waals surface area contributed by atoms with Gasteiger partial charge in [0.2, 0.25) is 5.91 Å². The Kier molecular flexibility index (Phi) is 3.84. The average molecular weight is 322 g/mol. The van der Waals surface area contributed by atoms with Crippen molar-refractivity contribution in [2.45, 2.75) is 32.2 Å². The van der Waals surface area contributed by atoms with Gasteiger partial charge in [0, 0.05) is 42.6 Å². The number of carbonyl (C=O) groups is 1. The van der Waals surface area contributed by atoms with Crippen LogP contribution in [0.2, 0.25) is 0 Å². The number of H-pyrrole nitrogens is 1. The van der Waals surface area contributed by atoms with Crippen LogP contribution in [-0.2, 0) is 11.2 Å². The molecule has 1 N–H and O–H groups in total. The Hall–Kier alpha value is -2.56. The molecule has 1 aliphatic heterocycles. The minimum Gasteiger partial charge on any atom is -0.361 e. The van der Waals surface area contributed by atoms with Gasteiger partial charge in [0.1, 0.15) is 0 Å². The topological polar surface area (TPSA) is 53.9 Å². The summed E-state index contributed by atoms with van der Waals surface area (Å²) in [6, 6.07) is 6.54. The van der Waals surface area contributed by atoms with Crippen molar-refractivity contribution in [2.75, 3.05) is 13.1 Å². The number of amides is 1. The first-order valence-electron chi connectivity index (χ1n) is 8.53. The van der Waals surface area contributed by atoms with Crippen molar-refractivity contribution in [1.29, 1.82) is 0 Å². The average Bonchev–Trinajstić information content (AvgIpc) is 3.26. The second-order valence-electron chi connectivity index (χ2n) is 6.63. The fourth-order valence-electron chi connectivity index (χ4n) is 3.78. The smallest absolute Gasteiger partial charge is 0.227 e. The zero-order chi connectivity index (χ0) is 16.5. The molecule has 124 valence electrons. The van der Waals surface area contributed by atoms with Gasteiger partial charge in [-0.1, -0.05) is 12.1 Å². The van der Waals surface area contributed by atoms with Gasteiger partial charge in [0.05, 0.1) is 18.8 Å². The Bertz CT molecular complexity index is 850. The molecule has 2 aromatic heterocycles. The number of hydrogen-bond donors (Lipinski definition) is 1. The van der Waals surface area contributed by atoms with Gasteiger partial charge in [-0.3, -0.25) is 4.79 Å². The van der Waals surface area contributed by atoms with E-state index in [1.807, 2.05) is 29.7 Å². The molecule has 0 aliphatic carbocycles. The lowest BCUT2D eigenvalue weighted by Gasteiger charge is -2.33. The molecule has 3 aromatic rings. The molecule has 1 saturated heterocycles. The summed E-state index contributed by atoms with van der Waals surface area (Å²) in [6.45, 7) is 3.72. The van der Waals surface area contributed by atoms with Crippen LogP contribution in [0.15, 0.2) is 43.1 Å². The third kappa shape index (κ3) is 2.70. The molecule has 0 bridgehead atoms. The summed E-state index contributed by atoms with van der Waals surface area (Å²) in [5.74, 6) is 0.212. The summed E-state index contributed by atoms with van der Waals surface area (Å²) in [7, 11) is 0. The lowest BCUT2D eigenvalue weighted by Crippen LogP contribution is -2.41. The van der Waals surface area contributed by atoms with Gasteiger partial charge in [0.15, 0.2) is 0 Å². The van der Waals surface area contributed by atoms with Crippen molar-refractivity contribution >= 4 is 16.8 Å². The highest BCUT2D eigenvalue weighted by Crippen LogP contribution is 2.25. The molecule has 5 nitrogen and oxygen atoms in total. The Morgan fingerprint density at radius 3 is 3.17 bits per heavy atom. The molecule has 1 atom stereocenters. The van der Waals surface area contributed by atoms with Gasteiger partial charge < -0.3 is 14.5 Å². The maximum atomic E-state index is 12.8. The van der Waals surface area contributed by atoms with E-state index in [9.17, 15) is 4.79 Å². The monoisotopic (exact) mass is 322 g/mol. The molecule has 3 heterocycles. The number of rotatable bonds is 3. The number of imidazole rings is 1. The minimum absolute atomic E-state index is 0.212. The molecular formula is C19H22N4O. The summed E-state index contributed by atoms with van der Waals surface area (Å²) >= 11 is 0. The van der Waals surface area contributed by atoms with Crippen molar-refractivity contribution in [1.82, 2.24) is 19.4 Å². The second-order valence-corrected chi connectivity index (χ2v) is 6.63. The molecule has 0 spiro atoms. The quantitative estimate of drug-likeness (QED) is 0.805. The number of carbonyl (C=O) groups excluding carboxylic acids is 1. The van der Waals surface area contributed by atoms with E-state index in [0.29, 0.717) is 12.5 Å². The number of likely N-dealkylation sites (tertiary alicyclic amines) is 1. The number of aryl methyl sites for hydroxylation is 1. The van der Waals surface area contributed by atoms with Gasteiger partial charge in [-0.15, -0.1) is 0 Å². The van der Waals surface area contributed by atoms with Crippen LogP contribution >= 0.6 is 0 Å². The molecular weight excluding hydrogens is 300 g/mol. The van der Waals surface area contributed by atoms with E-state index in [1.54, 1.807) is 6.20 Å². The number of nitrogens with zero attached hydrogens (tertiary/aromatic N) is 3. The predicted molar refractivity (Wildman–Crippen MR) is 93.8 cm³/mol. The molecule has 1 aliphatic rings. The molecule has 0 radical (unpaired) electrons. The summed E-state index contributed by atoms with van der Waals surface area (Å²) in [5, 5.41) is 1.19. The van der Waals surface area contributed by atoms with Gasteiger partial charge in [0.25, 0.3) is 0 Å². The van der Waals surface area contributed by atoms with Crippen LogP contribution in [0.3, 0.4) is 0 Å². The van der Waals surface area contributed by atoms with E-state index in [4.69, 9.17) is 0 Å². The second kappa shape index (κ2) is 6.15. The first-order valence-corrected chi connectivity index (χ1v) is 8.53. The first kappa shape index (κ1) is 15.0. The lowest BCUT2D eigenvalue weighted by atomic mass is 10.0. The summed E-state index contributed by atoms with van der Waals surface area (Å²) in [6.07, 6.45) is 10.2. The van der Waals surface area contributed by atoms with E-state index in [1.165, 1.54) is 10.9 Å². The highest BCUT2D eigenvalue weighted by atomic mass is 16.2. The minimum atomic E-state index is 0.212. The molecule has 1 amide bonds. The van der Waals surface area contributed by atoms with E-state index in [2.05, 4.69) is 33.6 Å². The number of piperidine rings is 1. The zero-order valence-electron chi connectivity index (χ0n) is 13.9. The van der Waals surface area contributed by atoms with E-state index in [0.717, 1.165) is 37.0 Å². The van der Waals surface area contributed by atoms with E-state index < -0.39 is 0 Å². The maximum Gasteiger partial charge on any atom is 0.227 e. The summed E-state index contributed by atoms with van der Waals surface area (Å²) in [5.41, 5.74) is 3.41. The van der Waals surface area contributed by atoms with Gasteiger partial charge in [-0.25, -0.2) is 4.98 Å². The van der Waals surface area contributed by atoms with Gasteiger partial charge in [-0.2, -0.15) is 0 Å². The normalized spacial score (nSPS) is 18.2. The molecule has 0 saturated carbocycles. The number of benzene rings is 1. The van der Waals surface area contributed by atoms with Gasteiger partial charge >= 0.3 is 0 Å². The molecule has 1 unspecified atom stereocenters. The predicted octanol–water partition coefficient (Wildman–Crippen LogP) is 3.08. The zero-order valence-corrected chi connectivity index (χ0v) is 13.9. The van der Waals surface area contributed by atoms with Crippen LogP contribution in [0.1, 0.15) is 30.0 Å². The van der Waals surface area contributed by atoms with Crippen molar-refractivity contribution in [3.63, 3.8) is 0 Å². The van der Waals surface area contributed by atoms with Crippen LogP contribution in [0.4, 0.5) is 0 Å². The SMILES string of the molecule is Cc1cccc2[nH]cc(CC(=O)N3CCCC(n4ccnc4)C3)c12. The van der Waals surface area contributed by atoms with Crippen molar-refractivity contribution in [2.24, 2.45) is 0 Å². The molecule has 4 rings (SSSR count). The number of hydrogen-bond acceptors (Lipinski definition) is 2. The van der Waals surface area contributed by atoms with Crippen molar-refractivity contribution < 1.29 is 4.79 Å². The van der Waals surface area contributed by atoms with Crippen LogP contribution in [0.25, 0.3) is 10.9 Å². The number of fused-ring (bicyclic) bond motifs is 1. The summed E-state index contributed by atoms with van der Waals surface area (Å²) < 4.78 is 2.12. The Morgan fingerprint density at radius 2 is 2.33 bits per heavy atom. The first-order chi connectivity index (χ1) is 11.7. The largest absolute Gasteiger partial charge is 0.361 e. The molecule has 5 heteroatoms. The molecule has 1 aromatic carbocycles. The van der Waals surface area contributed by atoms with Crippen LogP contribution in [0.5, 0.6) is 0 Å².